The van der Waals surface area contributed by atoms with E-state index in [0.717, 1.165) is 6.42 Å². The Morgan fingerprint density at radius 1 is 1.31 bits per heavy atom. The lowest BCUT2D eigenvalue weighted by Crippen LogP contribution is -2.41. The molecule has 0 aliphatic heterocycles. The summed E-state index contributed by atoms with van der Waals surface area (Å²) in [4.78, 5) is 12.3. The lowest BCUT2D eigenvalue weighted by Gasteiger charge is -2.19. The van der Waals surface area contributed by atoms with Crippen molar-refractivity contribution >= 4 is 29.4 Å². The minimum Gasteiger partial charge on any atom is -0.304 e. The molecule has 1 aromatic carbocycles. The van der Waals surface area contributed by atoms with Gasteiger partial charge in [-0.3, -0.25) is 0 Å². The number of benzene rings is 1. The lowest BCUT2D eigenvalue weighted by molar-refractivity contribution is -0.112. The number of carbonyl (C=O) groups is 1. The van der Waals surface area contributed by atoms with Gasteiger partial charge < -0.3 is 4.79 Å². The summed E-state index contributed by atoms with van der Waals surface area (Å²) in [6.45, 7) is 6.37. The van der Waals surface area contributed by atoms with Gasteiger partial charge in [-0.2, -0.15) is 0 Å². The first-order valence-electron chi connectivity index (χ1n) is 5.64. The van der Waals surface area contributed by atoms with Crippen LogP contribution in [0.2, 0.25) is 19.6 Å². The number of halogens is 1. The van der Waals surface area contributed by atoms with Gasteiger partial charge in [-0.15, -0.1) is 0 Å². The predicted molar refractivity (Wildman–Crippen MR) is 73.8 cm³/mol. The molecule has 0 radical (unpaired) electrons. The molecular formula is C13H17BrOSi. The minimum atomic E-state index is -1.69. The highest BCUT2D eigenvalue weighted by molar-refractivity contribution is 9.10. The molecule has 16 heavy (non-hydrogen) atoms. The van der Waals surface area contributed by atoms with E-state index in [9.17, 15) is 4.79 Å². The average molecular weight is 297 g/mol. The summed E-state index contributed by atoms with van der Waals surface area (Å²) in [6.07, 6.45) is 0.958. The molecule has 1 aromatic rings. The summed E-state index contributed by atoms with van der Waals surface area (Å²) in [5, 5.41) is 0.453. The summed E-state index contributed by atoms with van der Waals surface area (Å²) in [6, 6.07) is 10.3. The normalized spacial score (nSPS) is 28.9. The highest BCUT2D eigenvalue weighted by Crippen LogP contribution is 2.59. The van der Waals surface area contributed by atoms with Crippen molar-refractivity contribution in [3.05, 3.63) is 35.9 Å². The fourth-order valence-corrected chi connectivity index (χ4v) is 6.08. The summed E-state index contributed by atoms with van der Waals surface area (Å²) < 4.78 is -0.251. The molecule has 1 fully saturated rings. The van der Waals surface area contributed by atoms with Crippen LogP contribution in [0.4, 0.5) is 0 Å². The van der Waals surface area contributed by atoms with E-state index < -0.39 is 8.07 Å². The van der Waals surface area contributed by atoms with Crippen LogP contribution in [0.15, 0.2) is 30.3 Å². The first kappa shape index (κ1) is 12.1. The van der Waals surface area contributed by atoms with Crippen molar-refractivity contribution in [2.75, 3.05) is 0 Å². The van der Waals surface area contributed by atoms with Crippen molar-refractivity contribution in [2.45, 2.75) is 36.3 Å². The number of hydrogen-bond acceptors (Lipinski definition) is 1. The maximum atomic E-state index is 12.3. The predicted octanol–water partition coefficient (Wildman–Crippen LogP) is 3.75. The number of carbonyl (C=O) groups excluding carboxylic acids is 1. The SMILES string of the molecule is C[Si](C)(C)C(=O)[C@]1(Br)C[C@@H]1c1ccccc1. The summed E-state index contributed by atoms with van der Waals surface area (Å²) >= 11 is 3.68. The van der Waals surface area contributed by atoms with Gasteiger partial charge in [0.25, 0.3) is 0 Å². The van der Waals surface area contributed by atoms with Gasteiger partial charge in [0.05, 0.1) is 4.32 Å². The fraction of sp³-hybridized carbons (Fsp3) is 0.462. The molecule has 0 spiro atoms. The molecule has 2 rings (SSSR count). The van der Waals surface area contributed by atoms with Crippen LogP contribution in [0.3, 0.4) is 0 Å². The summed E-state index contributed by atoms with van der Waals surface area (Å²) in [5.74, 6) is 0.382. The second-order valence-corrected chi connectivity index (χ2v) is 12.0. The Morgan fingerprint density at radius 3 is 2.38 bits per heavy atom. The Balaban J connectivity index is 2.19. The van der Waals surface area contributed by atoms with Crippen molar-refractivity contribution < 1.29 is 4.79 Å². The highest BCUT2D eigenvalue weighted by Gasteiger charge is 2.60. The molecule has 86 valence electrons. The zero-order chi connectivity index (χ0) is 12.0. The Morgan fingerprint density at radius 2 is 1.88 bits per heavy atom. The second kappa shape index (κ2) is 3.81. The van der Waals surface area contributed by atoms with Crippen LogP contribution < -0.4 is 0 Å². The molecule has 0 amide bonds. The summed E-state index contributed by atoms with van der Waals surface area (Å²) in [7, 11) is -1.69. The van der Waals surface area contributed by atoms with Gasteiger partial charge in [0.1, 0.15) is 13.5 Å². The third-order valence-corrected chi connectivity index (χ3v) is 6.56. The maximum Gasteiger partial charge on any atom is 0.128 e. The van der Waals surface area contributed by atoms with E-state index in [2.05, 4.69) is 47.7 Å². The van der Waals surface area contributed by atoms with Gasteiger partial charge in [0.2, 0.25) is 0 Å². The molecule has 1 aliphatic carbocycles. The first-order valence-corrected chi connectivity index (χ1v) is 9.94. The highest BCUT2D eigenvalue weighted by atomic mass is 79.9. The van der Waals surface area contributed by atoms with Crippen LogP contribution in [-0.4, -0.2) is 17.8 Å². The van der Waals surface area contributed by atoms with Gasteiger partial charge >= 0.3 is 0 Å². The van der Waals surface area contributed by atoms with Crippen molar-refractivity contribution in [1.29, 1.82) is 0 Å². The van der Waals surface area contributed by atoms with Gasteiger partial charge in [-0.05, 0) is 12.0 Å². The minimum absolute atomic E-state index is 0.251. The van der Waals surface area contributed by atoms with Crippen LogP contribution in [0.25, 0.3) is 0 Å². The Bertz CT molecular complexity index is 410. The molecule has 2 atom stereocenters. The molecule has 1 saturated carbocycles. The van der Waals surface area contributed by atoms with Crippen LogP contribution in [0, 0.1) is 0 Å². The molecule has 3 heteroatoms. The molecule has 0 unspecified atom stereocenters. The smallest absolute Gasteiger partial charge is 0.128 e. The third kappa shape index (κ3) is 2.03. The van der Waals surface area contributed by atoms with E-state index in [0.29, 0.717) is 11.3 Å². The molecule has 1 aliphatic rings. The van der Waals surface area contributed by atoms with Gasteiger partial charge in [0.15, 0.2) is 0 Å². The Hall–Kier alpha value is -0.413. The quantitative estimate of drug-likeness (QED) is 0.613. The van der Waals surface area contributed by atoms with E-state index in [1.54, 1.807) is 0 Å². The number of alkyl halides is 1. The first-order chi connectivity index (χ1) is 7.36. The Labute approximate surface area is 106 Å². The second-order valence-electron chi connectivity index (χ2n) is 5.61. The molecule has 0 aromatic heterocycles. The van der Waals surface area contributed by atoms with Crippen molar-refractivity contribution in [3.8, 4) is 0 Å². The van der Waals surface area contributed by atoms with Crippen molar-refractivity contribution in [2.24, 2.45) is 0 Å². The zero-order valence-corrected chi connectivity index (χ0v) is 12.5. The Kier molecular flexibility index (Phi) is 2.87. The van der Waals surface area contributed by atoms with E-state index >= 15 is 0 Å². The molecule has 1 nitrogen and oxygen atoms in total. The average Bonchev–Trinajstić information content (AvgIpc) is 2.91. The van der Waals surface area contributed by atoms with Gasteiger partial charge in [-0.25, -0.2) is 0 Å². The number of hydrogen-bond donors (Lipinski definition) is 0. The van der Waals surface area contributed by atoms with Gasteiger partial charge in [0, 0.05) is 5.92 Å². The van der Waals surface area contributed by atoms with E-state index in [-0.39, 0.29) is 4.32 Å². The summed E-state index contributed by atoms with van der Waals surface area (Å²) in [5.41, 5.74) is 1.28. The fourth-order valence-electron chi connectivity index (χ4n) is 2.18. The van der Waals surface area contributed by atoms with Crippen LogP contribution >= 0.6 is 15.9 Å². The standard InChI is InChI=1S/C13H17BrOSi/c1-16(2,3)12(15)13(14)9-11(13)10-7-5-4-6-8-10/h4-8,11H,9H2,1-3H3/t11-,13+/m1/s1. The van der Waals surface area contributed by atoms with E-state index in [4.69, 9.17) is 0 Å². The number of rotatable bonds is 3. The van der Waals surface area contributed by atoms with Crippen molar-refractivity contribution in [1.82, 2.24) is 0 Å². The topological polar surface area (TPSA) is 17.1 Å². The van der Waals surface area contributed by atoms with Crippen LogP contribution in [-0.2, 0) is 4.79 Å². The van der Waals surface area contributed by atoms with E-state index in [1.165, 1.54) is 5.56 Å². The molecular weight excluding hydrogens is 280 g/mol. The molecule has 0 saturated heterocycles. The van der Waals surface area contributed by atoms with Gasteiger partial charge in [-0.1, -0.05) is 65.9 Å². The van der Waals surface area contributed by atoms with Crippen molar-refractivity contribution in [3.63, 3.8) is 0 Å². The van der Waals surface area contributed by atoms with Crippen LogP contribution in [0.5, 0.6) is 0 Å². The molecule has 0 heterocycles. The largest absolute Gasteiger partial charge is 0.304 e. The third-order valence-electron chi connectivity index (χ3n) is 3.15. The van der Waals surface area contributed by atoms with E-state index in [1.807, 2.05) is 18.2 Å². The lowest BCUT2D eigenvalue weighted by atomic mass is 10.1. The molecule has 0 N–H and O–H groups in total. The zero-order valence-electron chi connectivity index (χ0n) is 9.96. The maximum absolute atomic E-state index is 12.3. The molecule has 0 bridgehead atoms. The van der Waals surface area contributed by atoms with Crippen LogP contribution in [0.1, 0.15) is 17.9 Å². The monoisotopic (exact) mass is 296 g/mol.